The molecule has 3 aromatic carbocycles. The van der Waals surface area contributed by atoms with E-state index in [9.17, 15) is 13.2 Å². The number of sulfonamides is 1. The van der Waals surface area contributed by atoms with Gasteiger partial charge in [-0.25, -0.2) is 8.42 Å². The molecule has 0 radical (unpaired) electrons. The molecule has 2 N–H and O–H groups in total. The van der Waals surface area contributed by atoms with E-state index in [0.717, 1.165) is 11.7 Å². The highest BCUT2D eigenvalue weighted by molar-refractivity contribution is 7.92. The van der Waals surface area contributed by atoms with Gasteiger partial charge in [-0.15, -0.1) is 0 Å². The van der Waals surface area contributed by atoms with Crippen LogP contribution in [-0.2, 0) is 10.0 Å². The van der Waals surface area contributed by atoms with Gasteiger partial charge < -0.3 is 5.32 Å². The van der Waals surface area contributed by atoms with Crippen LogP contribution >= 0.6 is 23.3 Å². The Balaban J connectivity index is 1.63. The number of hydrogen-bond acceptors (Lipinski definition) is 6. The highest BCUT2D eigenvalue weighted by atomic mass is 35.5. The van der Waals surface area contributed by atoms with Crippen LogP contribution < -0.4 is 10.0 Å². The Morgan fingerprint density at radius 3 is 2.41 bits per heavy atom. The molecule has 0 atom stereocenters. The number of aromatic nitrogens is 2. The molecule has 0 aliphatic carbocycles. The van der Waals surface area contributed by atoms with Gasteiger partial charge in [0.05, 0.1) is 33.6 Å². The van der Waals surface area contributed by atoms with E-state index in [1.807, 2.05) is 0 Å². The van der Waals surface area contributed by atoms with Gasteiger partial charge in [-0.2, -0.15) is 8.75 Å². The number of anilines is 2. The van der Waals surface area contributed by atoms with Crippen LogP contribution in [-0.4, -0.2) is 23.1 Å². The van der Waals surface area contributed by atoms with E-state index in [2.05, 4.69) is 18.8 Å². The molecule has 1 aromatic heterocycles. The van der Waals surface area contributed by atoms with Crippen molar-refractivity contribution < 1.29 is 13.2 Å². The molecular weight excluding hydrogens is 432 g/mol. The fraction of sp³-hybridized carbons (Fsp3) is 0. The third-order valence-electron chi connectivity index (χ3n) is 4.07. The number of nitrogens with zero attached hydrogens (tertiary/aromatic N) is 2. The minimum Gasteiger partial charge on any atom is -0.320 e. The van der Waals surface area contributed by atoms with Crippen molar-refractivity contribution in [2.75, 3.05) is 10.0 Å². The monoisotopic (exact) mass is 444 g/mol. The van der Waals surface area contributed by atoms with Crippen molar-refractivity contribution in [3.05, 3.63) is 77.3 Å². The van der Waals surface area contributed by atoms with Gasteiger partial charge in [0.25, 0.3) is 15.9 Å². The Labute approximate surface area is 175 Å². The standard InChI is InChI=1S/C19H13ClN4O3S2/c20-12-8-10-13(11-9-12)29(26,27)24-15-5-2-1-4-14(15)19(25)21-16-6-3-7-17-18(16)23-28-22-17/h1-11,24H,(H,21,25). The molecule has 1 amide bonds. The second kappa shape index (κ2) is 7.78. The van der Waals surface area contributed by atoms with E-state index in [1.54, 1.807) is 30.3 Å². The molecule has 0 saturated heterocycles. The first kappa shape index (κ1) is 19.3. The minimum absolute atomic E-state index is 0.0374. The lowest BCUT2D eigenvalue weighted by Crippen LogP contribution is -2.18. The maximum Gasteiger partial charge on any atom is 0.261 e. The Bertz CT molecular complexity index is 1300. The number of benzene rings is 3. The fourth-order valence-corrected chi connectivity index (χ4v) is 4.44. The van der Waals surface area contributed by atoms with Crippen LogP contribution in [0.2, 0.25) is 5.02 Å². The number of carbonyl (C=O) groups is 1. The van der Waals surface area contributed by atoms with Gasteiger partial charge in [-0.3, -0.25) is 9.52 Å². The van der Waals surface area contributed by atoms with E-state index >= 15 is 0 Å². The van der Waals surface area contributed by atoms with Crippen molar-refractivity contribution in [1.82, 2.24) is 8.75 Å². The number of fused-ring (bicyclic) bond motifs is 1. The third kappa shape index (κ3) is 4.07. The number of amides is 1. The van der Waals surface area contributed by atoms with E-state index in [-0.39, 0.29) is 16.1 Å². The van der Waals surface area contributed by atoms with Crippen molar-refractivity contribution in [2.24, 2.45) is 0 Å². The lowest BCUT2D eigenvalue weighted by atomic mass is 10.1. The number of hydrogen-bond donors (Lipinski definition) is 2. The van der Waals surface area contributed by atoms with Gasteiger partial charge in [0.1, 0.15) is 11.0 Å². The summed E-state index contributed by atoms with van der Waals surface area (Å²) >= 11 is 6.87. The van der Waals surface area contributed by atoms with Crippen LogP contribution in [0.4, 0.5) is 11.4 Å². The van der Waals surface area contributed by atoms with Gasteiger partial charge in [-0.05, 0) is 48.5 Å². The molecule has 4 rings (SSSR count). The lowest BCUT2D eigenvalue weighted by molar-refractivity contribution is 0.102. The fourth-order valence-electron chi connectivity index (χ4n) is 2.68. The van der Waals surface area contributed by atoms with Crippen LogP contribution in [0.25, 0.3) is 11.0 Å². The molecule has 0 spiro atoms. The summed E-state index contributed by atoms with van der Waals surface area (Å²) in [6.07, 6.45) is 0. The SMILES string of the molecule is O=C(Nc1cccc2nsnc12)c1ccccc1NS(=O)(=O)c1ccc(Cl)cc1. The van der Waals surface area contributed by atoms with Crippen molar-refractivity contribution in [3.8, 4) is 0 Å². The molecule has 29 heavy (non-hydrogen) atoms. The summed E-state index contributed by atoms with van der Waals surface area (Å²) in [7, 11) is -3.89. The topological polar surface area (TPSA) is 101 Å². The molecule has 0 saturated carbocycles. The Kier molecular flexibility index (Phi) is 5.18. The van der Waals surface area contributed by atoms with Gasteiger partial charge in [0.2, 0.25) is 0 Å². The minimum atomic E-state index is -3.89. The average molecular weight is 445 g/mol. The summed E-state index contributed by atoms with van der Waals surface area (Å²) in [5.41, 5.74) is 2.07. The van der Waals surface area contributed by atoms with Crippen molar-refractivity contribution in [3.63, 3.8) is 0 Å². The zero-order chi connectivity index (χ0) is 20.4. The van der Waals surface area contributed by atoms with Crippen LogP contribution in [0.15, 0.2) is 71.6 Å². The molecule has 7 nitrogen and oxygen atoms in total. The zero-order valence-corrected chi connectivity index (χ0v) is 17.1. The number of nitrogens with one attached hydrogen (secondary N) is 2. The molecule has 4 aromatic rings. The zero-order valence-electron chi connectivity index (χ0n) is 14.7. The van der Waals surface area contributed by atoms with Crippen molar-refractivity contribution in [2.45, 2.75) is 4.90 Å². The van der Waals surface area contributed by atoms with Crippen LogP contribution in [0.3, 0.4) is 0 Å². The summed E-state index contributed by atoms with van der Waals surface area (Å²) in [4.78, 5) is 12.9. The van der Waals surface area contributed by atoms with Crippen molar-refractivity contribution >= 4 is 61.7 Å². The Morgan fingerprint density at radius 2 is 1.62 bits per heavy atom. The molecule has 10 heteroatoms. The maximum absolute atomic E-state index is 12.9. The summed E-state index contributed by atoms with van der Waals surface area (Å²) in [5, 5.41) is 3.20. The van der Waals surface area contributed by atoms with Crippen molar-refractivity contribution in [1.29, 1.82) is 0 Å². The second-order valence-corrected chi connectivity index (χ2v) is 8.64. The van der Waals surface area contributed by atoms with Crippen LogP contribution in [0.5, 0.6) is 0 Å². The Hall–Kier alpha value is -3.01. The number of rotatable bonds is 5. The van der Waals surface area contributed by atoms with Gasteiger partial charge in [0.15, 0.2) is 0 Å². The predicted octanol–water partition coefficient (Wildman–Crippen LogP) is 4.40. The highest BCUT2D eigenvalue weighted by Gasteiger charge is 2.19. The molecule has 0 fully saturated rings. The summed E-state index contributed by atoms with van der Waals surface area (Å²) in [6.45, 7) is 0. The predicted molar refractivity (Wildman–Crippen MR) is 114 cm³/mol. The van der Waals surface area contributed by atoms with E-state index < -0.39 is 15.9 Å². The molecule has 0 aliphatic heterocycles. The van der Waals surface area contributed by atoms with E-state index in [4.69, 9.17) is 11.6 Å². The first-order chi connectivity index (χ1) is 13.9. The highest BCUT2D eigenvalue weighted by Crippen LogP contribution is 2.25. The molecule has 1 heterocycles. The van der Waals surface area contributed by atoms with Gasteiger partial charge >= 0.3 is 0 Å². The quantitative estimate of drug-likeness (QED) is 0.475. The molecule has 0 aliphatic rings. The van der Waals surface area contributed by atoms with Crippen LogP contribution in [0, 0.1) is 0 Å². The average Bonchev–Trinajstić information content (AvgIpc) is 3.18. The van der Waals surface area contributed by atoms with E-state index in [0.29, 0.717) is 21.7 Å². The summed E-state index contributed by atoms with van der Waals surface area (Å²) in [5.74, 6) is -0.472. The first-order valence-corrected chi connectivity index (χ1v) is 10.9. The number of halogens is 1. The largest absolute Gasteiger partial charge is 0.320 e. The lowest BCUT2D eigenvalue weighted by Gasteiger charge is -2.13. The van der Waals surface area contributed by atoms with Gasteiger partial charge in [0, 0.05) is 5.02 Å². The normalized spacial score (nSPS) is 11.3. The van der Waals surface area contributed by atoms with Crippen LogP contribution in [0.1, 0.15) is 10.4 Å². The first-order valence-electron chi connectivity index (χ1n) is 8.34. The molecule has 0 unspecified atom stereocenters. The number of para-hydroxylation sites is 1. The third-order valence-corrected chi connectivity index (χ3v) is 6.25. The number of carbonyl (C=O) groups excluding carboxylic acids is 1. The summed E-state index contributed by atoms with van der Waals surface area (Å²) < 4.78 is 36.2. The molecule has 0 bridgehead atoms. The van der Waals surface area contributed by atoms with E-state index in [1.165, 1.54) is 36.4 Å². The maximum atomic E-state index is 12.9. The second-order valence-electron chi connectivity index (χ2n) is 6.00. The Morgan fingerprint density at radius 1 is 0.897 bits per heavy atom. The smallest absolute Gasteiger partial charge is 0.261 e. The molecular formula is C19H13ClN4O3S2. The van der Waals surface area contributed by atoms with Gasteiger partial charge in [-0.1, -0.05) is 29.8 Å². The summed E-state index contributed by atoms with van der Waals surface area (Å²) in [6, 6.07) is 17.4. The molecule has 146 valence electrons.